The molecule has 0 unspecified atom stereocenters. The van der Waals surface area contributed by atoms with Crippen LogP contribution in [0.2, 0.25) is 0 Å². The van der Waals surface area contributed by atoms with Gasteiger partial charge in [0.2, 0.25) is 5.88 Å². The van der Waals surface area contributed by atoms with Crippen molar-refractivity contribution in [3.8, 4) is 11.6 Å². The van der Waals surface area contributed by atoms with E-state index in [-0.39, 0.29) is 5.82 Å². The molecule has 168 valence electrons. The second-order valence-electron chi connectivity index (χ2n) is 8.28. The van der Waals surface area contributed by atoms with Gasteiger partial charge >= 0.3 is 0 Å². The first-order valence-corrected chi connectivity index (χ1v) is 12.0. The molecule has 2 aromatic carbocycles. The summed E-state index contributed by atoms with van der Waals surface area (Å²) < 4.78 is 26.5. The average Bonchev–Trinajstić information content (AvgIpc) is 2.79. The minimum atomic E-state index is -0.296. The number of benzene rings is 2. The quantitative estimate of drug-likeness (QED) is 0.192. The van der Waals surface area contributed by atoms with Crippen LogP contribution in [0.5, 0.6) is 11.6 Å². The number of aromatic nitrogens is 1. The van der Waals surface area contributed by atoms with Gasteiger partial charge in [-0.1, -0.05) is 65.2 Å². The second kappa shape index (κ2) is 12.5. The third-order valence-corrected chi connectivity index (χ3v) is 5.74. The fraction of sp³-hybridized carbons (Fsp3) is 0.519. The van der Waals surface area contributed by atoms with Crippen LogP contribution in [0.4, 0.5) is 4.39 Å². The Morgan fingerprint density at radius 3 is 2.06 bits per heavy atom. The van der Waals surface area contributed by atoms with Gasteiger partial charge in [0.1, 0.15) is 0 Å². The molecule has 0 aliphatic heterocycles. The summed E-state index contributed by atoms with van der Waals surface area (Å²) in [6.07, 6.45) is 12.0. The van der Waals surface area contributed by atoms with Crippen LogP contribution in [0.1, 0.15) is 78.1 Å². The highest BCUT2D eigenvalue weighted by atomic mass is 19.1. The predicted octanol–water partition coefficient (Wildman–Crippen LogP) is 8.23. The lowest BCUT2D eigenvalue weighted by molar-refractivity contribution is 0.293. The largest absolute Gasteiger partial charge is 0.490 e. The molecule has 0 aliphatic carbocycles. The first-order valence-electron chi connectivity index (χ1n) is 12.0. The summed E-state index contributed by atoms with van der Waals surface area (Å²) in [6.45, 7) is 5.62. The minimum Gasteiger partial charge on any atom is -0.490 e. The molecular formula is C27H36FNO2. The number of ether oxygens (including phenoxy) is 2. The molecule has 0 amide bonds. The summed E-state index contributed by atoms with van der Waals surface area (Å²) in [6, 6.07) is 11.2. The maximum atomic E-state index is 15.0. The van der Waals surface area contributed by atoms with Crippen molar-refractivity contribution < 1.29 is 13.9 Å². The molecule has 0 spiro atoms. The highest BCUT2D eigenvalue weighted by molar-refractivity contribution is 6.06. The smallest absolute Gasteiger partial charge is 0.213 e. The predicted molar refractivity (Wildman–Crippen MR) is 128 cm³/mol. The molecule has 0 N–H and O–H groups in total. The number of pyridine rings is 1. The molecule has 0 aliphatic rings. The molecule has 0 fully saturated rings. The summed E-state index contributed by atoms with van der Waals surface area (Å²) in [7, 11) is 0. The van der Waals surface area contributed by atoms with Crippen molar-refractivity contribution in [3.05, 3.63) is 42.2 Å². The van der Waals surface area contributed by atoms with Crippen molar-refractivity contribution >= 4 is 21.7 Å². The molecule has 4 heteroatoms. The van der Waals surface area contributed by atoms with Crippen molar-refractivity contribution in [1.82, 2.24) is 4.98 Å². The number of hydrogen-bond acceptors (Lipinski definition) is 3. The standard InChI is InChI=1S/C27H36FNO2/c1-3-5-7-8-9-10-12-20-31-26-18-15-22-21-14-17-25(30-19-11-6-4-2)27(28)23(21)13-16-24(22)29-26/h13-18H,3-12,19-20H2,1-2H3. The van der Waals surface area contributed by atoms with Crippen LogP contribution in [0.15, 0.2) is 36.4 Å². The molecule has 0 saturated heterocycles. The van der Waals surface area contributed by atoms with Gasteiger partial charge in [-0.2, -0.15) is 0 Å². The van der Waals surface area contributed by atoms with Crippen LogP contribution >= 0.6 is 0 Å². The molecule has 0 atom stereocenters. The molecule has 3 aromatic rings. The first-order chi connectivity index (χ1) is 15.2. The number of hydrogen-bond donors (Lipinski definition) is 0. The van der Waals surface area contributed by atoms with Gasteiger partial charge in [-0.05, 0) is 48.6 Å². The van der Waals surface area contributed by atoms with E-state index in [1.165, 1.54) is 38.5 Å². The fourth-order valence-electron chi connectivity index (χ4n) is 3.91. The topological polar surface area (TPSA) is 31.4 Å². The van der Waals surface area contributed by atoms with Crippen LogP contribution in [-0.4, -0.2) is 18.2 Å². The van der Waals surface area contributed by atoms with E-state index in [1.54, 1.807) is 12.1 Å². The van der Waals surface area contributed by atoms with E-state index in [9.17, 15) is 4.39 Å². The first kappa shape index (κ1) is 23.3. The van der Waals surface area contributed by atoms with Crippen molar-refractivity contribution in [2.24, 2.45) is 0 Å². The molecule has 3 rings (SSSR count). The van der Waals surface area contributed by atoms with Gasteiger partial charge in [-0.15, -0.1) is 0 Å². The third kappa shape index (κ3) is 6.56. The molecule has 3 nitrogen and oxygen atoms in total. The molecule has 1 aromatic heterocycles. The number of nitrogens with zero attached hydrogens (tertiary/aromatic N) is 1. The summed E-state index contributed by atoms with van der Waals surface area (Å²) in [4.78, 5) is 4.63. The van der Waals surface area contributed by atoms with Gasteiger partial charge in [0, 0.05) is 16.8 Å². The molecule has 0 saturated carbocycles. The van der Waals surface area contributed by atoms with E-state index < -0.39 is 0 Å². The van der Waals surface area contributed by atoms with E-state index in [4.69, 9.17) is 9.47 Å². The van der Waals surface area contributed by atoms with Crippen molar-refractivity contribution in [1.29, 1.82) is 0 Å². The number of rotatable bonds is 14. The lowest BCUT2D eigenvalue weighted by Gasteiger charge is -2.11. The zero-order chi connectivity index (χ0) is 21.9. The van der Waals surface area contributed by atoms with Gasteiger partial charge in [-0.25, -0.2) is 9.37 Å². The van der Waals surface area contributed by atoms with Gasteiger partial charge in [0.05, 0.1) is 18.7 Å². The van der Waals surface area contributed by atoms with Crippen LogP contribution in [0.3, 0.4) is 0 Å². The van der Waals surface area contributed by atoms with Gasteiger partial charge in [0.15, 0.2) is 11.6 Å². The second-order valence-corrected chi connectivity index (χ2v) is 8.28. The summed E-state index contributed by atoms with van der Waals surface area (Å²) in [5.41, 5.74) is 0.820. The third-order valence-electron chi connectivity index (χ3n) is 5.74. The van der Waals surface area contributed by atoms with Crippen LogP contribution in [-0.2, 0) is 0 Å². The lowest BCUT2D eigenvalue weighted by atomic mass is 10.0. The Hall–Kier alpha value is -2.36. The molecule has 0 radical (unpaired) electrons. The Labute approximate surface area is 186 Å². The van der Waals surface area contributed by atoms with E-state index >= 15 is 0 Å². The number of halogens is 1. The maximum absolute atomic E-state index is 15.0. The Balaban J connectivity index is 1.61. The highest BCUT2D eigenvalue weighted by Gasteiger charge is 2.12. The van der Waals surface area contributed by atoms with Gasteiger partial charge < -0.3 is 9.47 Å². The lowest BCUT2D eigenvalue weighted by Crippen LogP contribution is -2.00. The summed E-state index contributed by atoms with van der Waals surface area (Å²) >= 11 is 0. The summed E-state index contributed by atoms with van der Waals surface area (Å²) in [5.74, 6) is 0.662. The minimum absolute atomic E-state index is 0.296. The average molecular weight is 426 g/mol. The van der Waals surface area contributed by atoms with E-state index in [2.05, 4.69) is 18.8 Å². The zero-order valence-corrected chi connectivity index (χ0v) is 19.1. The number of unbranched alkanes of at least 4 members (excludes halogenated alkanes) is 8. The van der Waals surface area contributed by atoms with Crippen molar-refractivity contribution in [2.75, 3.05) is 13.2 Å². The van der Waals surface area contributed by atoms with E-state index in [0.717, 1.165) is 42.0 Å². The monoisotopic (exact) mass is 425 g/mol. The van der Waals surface area contributed by atoms with Gasteiger partial charge in [0.25, 0.3) is 0 Å². The Morgan fingerprint density at radius 2 is 1.26 bits per heavy atom. The Morgan fingerprint density at radius 1 is 0.645 bits per heavy atom. The van der Waals surface area contributed by atoms with E-state index in [0.29, 0.717) is 30.2 Å². The zero-order valence-electron chi connectivity index (χ0n) is 19.1. The Bertz CT molecular complexity index is 957. The SMILES string of the molecule is CCCCCCCCCOc1ccc2c(ccc3c(F)c(OCCCCC)ccc32)n1. The molecule has 31 heavy (non-hydrogen) atoms. The van der Waals surface area contributed by atoms with Crippen molar-refractivity contribution in [2.45, 2.75) is 78.1 Å². The highest BCUT2D eigenvalue weighted by Crippen LogP contribution is 2.32. The molecule has 1 heterocycles. The van der Waals surface area contributed by atoms with E-state index in [1.807, 2.05) is 24.3 Å². The molecular weight excluding hydrogens is 389 g/mol. The normalized spacial score (nSPS) is 11.3. The number of fused-ring (bicyclic) bond motifs is 3. The van der Waals surface area contributed by atoms with Crippen molar-refractivity contribution in [3.63, 3.8) is 0 Å². The summed E-state index contributed by atoms with van der Waals surface area (Å²) in [5, 5.41) is 2.35. The van der Waals surface area contributed by atoms with Crippen LogP contribution in [0, 0.1) is 5.82 Å². The Kier molecular flexibility index (Phi) is 9.39. The van der Waals surface area contributed by atoms with Gasteiger partial charge in [-0.3, -0.25) is 0 Å². The van der Waals surface area contributed by atoms with Crippen LogP contribution < -0.4 is 9.47 Å². The van der Waals surface area contributed by atoms with Crippen LogP contribution in [0.25, 0.3) is 21.7 Å². The molecule has 0 bridgehead atoms. The maximum Gasteiger partial charge on any atom is 0.213 e. The fourth-order valence-corrected chi connectivity index (χ4v) is 3.91.